The number of esters is 1. The fraction of sp³-hybridized carbons (Fsp3) is 0.609. The Morgan fingerprint density at radius 2 is 1.67 bits per heavy atom. The number of methoxy groups -OCH3 is 1. The number of benzene rings is 1. The molecule has 7 heteroatoms. The lowest BCUT2D eigenvalue weighted by Crippen LogP contribution is -2.57. The molecule has 0 aromatic heterocycles. The Hall–Kier alpha value is -2.57. The first kappa shape index (κ1) is 23.7. The van der Waals surface area contributed by atoms with Crippen LogP contribution in [0.2, 0.25) is 0 Å². The molecule has 1 saturated heterocycles. The van der Waals surface area contributed by atoms with Crippen LogP contribution in [0.3, 0.4) is 0 Å². The van der Waals surface area contributed by atoms with Crippen molar-refractivity contribution in [2.24, 2.45) is 5.41 Å². The number of nitrogens with zero attached hydrogens (tertiary/aromatic N) is 1. The van der Waals surface area contributed by atoms with Gasteiger partial charge in [0.15, 0.2) is 0 Å². The summed E-state index contributed by atoms with van der Waals surface area (Å²) in [5, 5.41) is 2.87. The summed E-state index contributed by atoms with van der Waals surface area (Å²) in [6.45, 7) is 11.6. The number of amides is 2. The lowest BCUT2D eigenvalue weighted by Gasteiger charge is -2.35. The van der Waals surface area contributed by atoms with Crippen molar-refractivity contribution < 1.29 is 23.9 Å². The number of hydrogen-bond donors (Lipinski definition) is 1. The Bertz CT molecular complexity index is 774. The van der Waals surface area contributed by atoms with Gasteiger partial charge < -0.3 is 19.7 Å². The summed E-state index contributed by atoms with van der Waals surface area (Å²) in [5.74, 6) is -0.369. The summed E-state index contributed by atoms with van der Waals surface area (Å²) in [4.78, 5) is 40.4. The van der Waals surface area contributed by atoms with Crippen molar-refractivity contribution in [2.45, 2.75) is 72.1 Å². The van der Waals surface area contributed by atoms with E-state index in [0.29, 0.717) is 24.3 Å². The summed E-state index contributed by atoms with van der Waals surface area (Å²) in [7, 11) is 1.56. The van der Waals surface area contributed by atoms with Gasteiger partial charge >= 0.3 is 5.97 Å². The summed E-state index contributed by atoms with van der Waals surface area (Å²) in [5.41, 5.74) is -0.733. The summed E-state index contributed by atoms with van der Waals surface area (Å²) < 4.78 is 10.6. The number of likely N-dealkylation sites (tertiary alicyclic amines) is 1. The van der Waals surface area contributed by atoms with E-state index in [1.54, 1.807) is 57.0 Å². The quantitative estimate of drug-likeness (QED) is 0.743. The number of carbonyl (C=O) groups is 3. The minimum atomic E-state index is -0.782. The number of nitrogens with one attached hydrogen (secondary N) is 1. The molecule has 30 heavy (non-hydrogen) atoms. The predicted octanol–water partition coefficient (Wildman–Crippen LogP) is 3.17. The van der Waals surface area contributed by atoms with Crippen LogP contribution >= 0.6 is 0 Å². The van der Waals surface area contributed by atoms with Gasteiger partial charge in [0.05, 0.1) is 7.11 Å². The van der Waals surface area contributed by atoms with Gasteiger partial charge in [-0.2, -0.15) is 0 Å². The Morgan fingerprint density at radius 3 is 2.17 bits per heavy atom. The highest BCUT2D eigenvalue weighted by Gasteiger charge is 2.43. The molecule has 1 aromatic rings. The van der Waals surface area contributed by atoms with Gasteiger partial charge in [-0.05, 0) is 63.3 Å². The SMILES string of the molecule is COc1ccc(C(=O)NC(C(=O)N2CCCC2C(=O)OC(C)(C)C)C(C)(C)C)cc1. The van der Waals surface area contributed by atoms with E-state index in [9.17, 15) is 14.4 Å². The minimum absolute atomic E-state index is 0.266. The first-order valence-electron chi connectivity index (χ1n) is 10.3. The highest BCUT2D eigenvalue weighted by atomic mass is 16.6. The fourth-order valence-electron chi connectivity index (χ4n) is 3.42. The van der Waals surface area contributed by atoms with Crippen LogP contribution in [-0.2, 0) is 14.3 Å². The Balaban J connectivity index is 2.20. The van der Waals surface area contributed by atoms with Crippen LogP contribution in [0.1, 0.15) is 64.7 Å². The van der Waals surface area contributed by atoms with E-state index in [-0.39, 0.29) is 11.8 Å². The summed E-state index contributed by atoms with van der Waals surface area (Å²) in [6.07, 6.45) is 1.28. The second-order valence-corrected chi connectivity index (χ2v) is 9.72. The molecule has 2 amide bonds. The van der Waals surface area contributed by atoms with Gasteiger partial charge in [0.1, 0.15) is 23.4 Å². The smallest absolute Gasteiger partial charge is 0.329 e. The third kappa shape index (κ3) is 5.97. The van der Waals surface area contributed by atoms with E-state index >= 15 is 0 Å². The monoisotopic (exact) mass is 418 g/mol. The molecular formula is C23H34N2O5. The lowest BCUT2D eigenvalue weighted by atomic mass is 9.85. The largest absolute Gasteiger partial charge is 0.497 e. The Kier molecular flexibility index (Phi) is 7.16. The molecule has 2 rings (SSSR count). The first-order chi connectivity index (χ1) is 13.8. The van der Waals surface area contributed by atoms with E-state index in [0.717, 1.165) is 6.42 Å². The Morgan fingerprint density at radius 1 is 1.07 bits per heavy atom. The average Bonchev–Trinajstić information content (AvgIpc) is 3.13. The van der Waals surface area contributed by atoms with Crippen LogP contribution in [0.4, 0.5) is 0 Å². The highest BCUT2D eigenvalue weighted by Crippen LogP contribution is 2.27. The number of ether oxygens (including phenoxy) is 2. The first-order valence-corrected chi connectivity index (χ1v) is 10.3. The molecule has 1 heterocycles. The number of rotatable bonds is 5. The van der Waals surface area contributed by atoms with Gasteiger partial charge in [-0.3, -0.25) is 9.59 Å². The molecule has 1 aliphatic heterocycles. The van der Waals surface area contributed by atoms with Gasteiger partial charge in [-0.15, -0.1) is 0 Å². The van der Waals surface area contributed by atoms with Crippen LogP contribution in [-0.4, -0.2) is 54.0 Å². The molecule has 2 atom stereocenters. The summed E-state index contributed by atoms with van der Waals surface area (Å²) >= 11 is 0. The topological polar surface area (TPSA) is 84.9 Å². The normalized spacial score (nSPS) is 18.0. The van der Waals surface area contributed by atoms with Crippen LogP contribution in [0.5, 0.6) is 5.75 Å². The van der Waals surface area contributed by atoms with Crippen molar-refractivity contribution in [3.63, 3.8) is 0 Å². The Labute approximate surface area is 179 Å². The van der Waals surface area contributed by atoms with Crippen LogP contribution < -0.4 is 10.1 Å². The van der Waals surface area contributed by atoms with Crippen LogP contribution in [0.25, 0.3) is 0 Å². The maximum absolute atomic E-state index is 13.4. The summed E-state index contributed by atoms with van der Waals surface area (Å²) in [6, 6.07) is 5.29. The molecule has 0 bridgehead atoms. The van der Waals surface area contributed by atoms with E-state index in [4.69, 9.17) is 9.47 Å². The van der Waals surface area contributed by atoms with Crippen molar-refractivity contribution in [2.75, 3.05) is 13.7 Å². The molecule has 1 aromatic carbocycles. The van der Waals surface area contributed by atoms with Crippen molar-refractivity contribution in [1.82, 2.24) is 10.2 Å². The molecule has 166 valence electrons. The number of hydrogen-bond acceptors (Lipinski definition) is 5. The van der Waals surface area contributed by atoms with E-state index in [1.165, 1.54) is 0 Å². The number of carbonyl (C=O) groups excluding carboxylic acids is 3. The van der Waals surface area contributed by atoms with Crippen molar-refractivity contribution in [3.8, 4) is 5.75 Å². The third-order valence-electron chi connectivity index (χ3n) is 4.96. The minimum Gasteiger partial charge on any atom is -0.497 e. The van der Waals surface area contributed by atoms with Crippen molar-refractivity contribution >= 4 is 17.8 Å². The van der Waals surface area contributed by atoms with E-state index in [2.05, 4.69) is 5.32 Å². The molecular weight excluding hydrogens is 384 g/mol. The molecule has 0 spiro atoms. The predicted molar refractivity (Wildman–Crippen MR) is 114 cm³/mol. The van der Waals surface area contributed by atoms with Crippen molar-refractivity contribution in [3.05, 3.63) is 29.8 Å². The van der Waals surface area contributed by atoms with E-state index < -0.39 is 29.1 Å². The molecule has 0 radical (unpaired) electrons. The maximum Gasteiger partial charge on any atom is 0.329 e. The standard InChI is InChI=1S/C23H34N2O5/c1-22(2,3)18(24-19(26)15-10-12-16(29-7)13-11-15)20(27)25-14-8-9-17(25)21(28)30-23(4,5)6/h10-13,17-18H,8-9,14H2,1-7H3,(H,24,26). The average molecular weight is 419 g/mol. The van der Waals surface area contributed by atoms with Gasteiger partial charge in [-0.1, -0.05) is 20.8 Å². The zero-order chi connectivity index (χ0) is 22.7. The van der Waals surface area contributed by atoms with Crippen LogP contribution in [0, 0.1) is 5.41 Å². The fourth-order valence-corrected chi connectivity index (χ4v) is 3.42. The molecule has 1 N–H and O–H groups in total. The van der Waals surface area contributed by atoms with Crippen molar-refractivity contribution in [1.29, 1.82) is 0 Å². The zero-order valence-electron chi connectivity index (χ0n) is 19.1. The second kappa shape index (κ2) is 9.06. The highest BCUT2D eigenvalue weighted by molar-refractivity contribution is 5.98. The van der Waals surface area contributed by atoms with Gasteiger partial charge in [0, 0.05) is 12.1 Å². The molecule has 1 fully saturated rings. The van der Waals surface area contributed by atoms with Gasteiger partial charge in [0.2, 0.25) is 5.91 Å². The van der Waals surface area contributed by atoms with Crippen LogP contribution in [0.15, 0.2) is 24.3 Å². The lowest BCUT2D eigenvalue weighted by molar-refractivity contribution is -0.164. The second-order valence-electron chi connectivity index (χ2n) is 9.72. The van der Waals surface area contributed by atoms with E-state index in [1.807, 2.05) is 20.8 Å². The molecule has 2 unspecified atom stereocenters. The molecule has 1 aliphatic rings. The van der Waals surface area contributed by atoms with Gasteiger partial charge in [0.25, 0.3) is 5.91 Å². The maximum atomic E-state index is 13.4. The molecule has 0 aliphatic carbocycles. The van der Waals surface area contributed by atoms with Gasteiger partial charge in [-0.25, -0.2) is 4.79 Å². The zero-order valence-corrected chi connectivity index (χ0v) is 19.1. The molecule has 7 nitrogen and oxygen atoms in total. The molecule has 0 saturated carbocycles. The third-order valence-corrected chi connectivity index (χ3v) is 4.96.